The van der Waals surface area contributed by atoms with Crippen LogP contribution >= 0.6 is 7.82 Å². The summed E-state index contributed by atoms with van der Waals surface area (Å²) in [6.07, 6.45) is 52.0. The predicted molar refractivity (Wildman–Crippen MR) is 206 cm³/mol. The molecule has 0 radical (unpaired) electrons. The van der Waals surface area contributed by atoms with Crippen LogP contribution in [0.1, 0.15) is 90.9 Å². The van der Waals surface area contributed by atoms with Gasteiger partial charge < -0.3 is 19.3 Å². The van der Waals surface area contributed by atoms with Crippen molar-refractivity contribution in [2.75, 3.05) is 13.2 Å². The molecule has 0 aliphatic rings. The number of esters is 2. The number of phosphoric ester groups is 1. The van der Waals surface area contributed by atoms with Gasteiger partial charge in [-0.2, -0.15) is 0 Å². The molecule has 0 fully saturated rings. The summed E-state index contributed by atoms with van der Waals surface area (Å²) < 4.78 is 26.1. The second kappa shape index (κ2) is 35.0. The van der Waals surface area contributed by atoms with Gasteiger partial charge in [0, 0.05) is 12.8 Å². The summed E-state index contributed by atoms with van der Waals surface area (Å²) in [7, 11) is -4.79. The van der Waals surface area contributed by atoms with E-state index in [9.17, 15) is 14.2 Å². The van der Waals surface area contributed by atoms with Crippen LogP contribution < -0.4 is 0 Å². The lowest BCUT2D eigenvalue weighted by Crippen LogP contribution is -2.29. The zero-order valence-corrected chi connectivity index (χ0v) is 30.9. The van der Waals surface area contributed by atoms with Gasteiger partial charge in [0.25, 0.3) is 0 Å². The Morgan fingerprint density at radius 2 is 1.00 bits per heavy atom. The van der Waals surface area contributed by atoms with Crippen LogP contribution in [0.15, 0.2) is 134 Å². The molecule has 0 spiro atoms. The molecular weight excluding hydrogens is 651 g/mol. The van der Waals surface area contributed by atoms with Crippen LogP contribution in [0.3, 0.4) is 0 Å². The minimum Gasteiger partial charge on any atom is -0.462 e. The number of carbonyl (C=O) groups excluding carboxylic acids is 2. The molecule has 0 saturated carbocycles. The Balaban J connectivity index is 4.28. The molecule has 0 aromatic rings. The first-order valence-electron chi connectivity index (χ1n) is 17.5. The third kappa shape index (κ3) is 37.0. The normalized spacial score (nSPS) is 14.1. The van der Waals surface area contributed by atoms with Crippen LogP contribution in [0.25, 0.3) is 0 Å². The molecule has 1 atom stereocenters. The Hall–Kier alpha value is -3.81. The summed E-state index contributed by atoms with van der Waals surface area (Å²) in [5.41, 5.74) is 0. The molecule has 0 aromatic carbocycles. The molecule has 0 saturated heterocycles. The third-order valence-corrected chi connectivity index (χ3v) is 6.79. The van der Waals surface area contributed by atoms with Crippen molar-refractivity contribution in [2.24, 2.45) is 0 Å². The summed E-state index contributed by atoms with van der Waals surface area (Å²) in [5, 5.41) is 0. The van der Waals surface area contributed by atoms with E-state index >= 15 is 0 Å². The highest BCUT2D eigenvalue weighted by Gasteiger charge is 2.22. The van der Waals surface area contributed by atoms with Crippen molar-refractivity contribution in [3.63, 3.8) is 0 Å². The summed E-state index contributed by atoms with van der Waals surface area (Å²) in [5.74, 6) is -1.09. The van der Waals surface area contributed by atoms with Crippen molar-refractivity contribution in [1.29, 1.82) is 0 Å². The van der Waals surface area contributed by atoms with Crippen molar-refractivity contribution in [2.45, 2.75) is 97.0 Å². The maximum Gasteiger partial charge on any atom is 0.469 e. The van der Waals surface area contributed by atoms with Gasteiger partial charge in [0.1, 0.15) is 6.61 Å². The molecule has 50 heavy (non-hydrogen) atoms. The van der Waals surface area contributed by atoms with E-state index in [1.54, 1.807) is 0 Å². The van der Waals surface area contributed by atoms with Gasteiger partial charge in [-0.1, -0.05) is 148 Å². The zero-order valence-electron chi connectivity index (χ0n) is 30.0. The second-order valence-electron chi connectivity index (χ2n) is 10.8. The fourth-order valence-electron chi connectivity index (χ4n) is 3.78. The number of unbranched alkanes of at least 4 members (excludes halogenated alkanes) is 1. The van der Waals surface area contributed by atoms with Gasteiger partial charge in [-0.15, -0.1) is 0 Å². The fraction of sp³-hybridized carbons (Fsp3) is 0.415. The molecule has 0 bridgehead atoms. The largest absolute Gasteiger partial charge is 0.469 e. The minimum atomic E-state index is -4.79. The Morgan fingerprint density at radius 3 is 1.50 bits per heavy atom. The molecule has 9 heteroatoms. The molecule has 2 N–H and O–H groups in total. The lowest BCUT2D eigenvalue weighted by Gasteiger charge is -2.18. The smallest absolute Gasteiger partial charge is 0.462 e. The van der Waals surface area contributed by atoms with Crippen molar-refractivity contribution < 1.29 is 37.9 Å². The van der Waals surface area contributed by atoms with Crippen molar-refractivity contribution >= 4 is 19.8 Å². The van der Waals surface area contributed by atoms with Crippen LogP contribution in [0.2, 0.25) is 0 Å². The maximum absolute atomic E-state index is 12.3. The lowest BCUT2D eigenvalue weighted by atomic mass is 10.2. The molecule has 1 unspecified atom stereocenters. The van der Waals surface area contributed by atoms with E-state index in [0.717, 1.165) is 44.9 Å². The van der Waals surface area contributed by atoms with E-state index in [1.807, 2.05) is 66.8 Å². The van der Waals surface area contributed by atoms with Gasteiger partial charge >= 0.3 is 19.8 Å². The predicted octanol–water partition coefficient (Wildman–Crippen LogP) is 10.4. The fourth-order valence-corrected chi connectivity index (χ4v) is 4.14. The van der Waals surface area contributed by atoms with E-state index in [2.05, 4.69) is 85.2 Å². The zero-order chi connectivity index (χ0) is 36.8. The average molecular weight is 711 g/mol. The van der Waals surface area contributed by atoms with E-state index in [1.165, 1.54) is 0 Å². The second-order valence-corrected chi connectivity index (χ2v) is 12.1. The highest BCUT2D eigenvalue weighted by atomic mass is 31.2. The highest BCUT2D eigenvalue weighted by Crippen LogP contribution is 2.35. The SMILES string of the molecule is CC/C=C/C=C/C=C/C=C/C=C/CCCC(=O)OC(COC(=O)CC/C=C/C/C=C/C/C=C/C/C=C/C/C=C/C/C=C/CC)COP(=O)(O)O. The Morgan fingerprint density at radius 1 is 0.540 bits per heavy atom. The van der Waals surface area contributed by atoms with Gasteiger partial charge in [0.2, 0.25) is 0 Å². The number of allylic oxidation sites excluding steroid dienone is 22. The van der Waals surface area contributed by atoms with Crippen LogP contribution in [0, 0.1) is 0 Å². The molecule has 0 aliphatic heterocycles. The van der Waals surface area contributed by atoms with Gasteiger partial charge in [0.15, 0.2) is 6.10 Å². The molecule has 0 aliphatic carbocycles. The van der Waals surface area contributed by atoms with E-state index in [-0.39, 0.29) is 19.4 Å². The van der Waals surface area contributed by atoms with Crippen LogP contribution in [-0.4, -0.2) is 41.0 Å². The van der Waals surface area contributed by atoms with E-state index in [4.69, 9.17) is 19.3 Å². The quantitative estimate of drug-likeness (QED) is 0.0259. The van der Waals surface area contributed by atoms with Crippen LogP contribution in [0.5, 0.6) is 0 Å². The Bertz CT molecular complexity index is 1250. The van der Waals surface area contributed by atoms with Crippen molar-refractivity contribution in [1.82, 2.24) is 0 Å². The minimum absolute atomic E-state index is 0.0903. The topological polar surface area (TPSA) is 119 Å². The number of hydrogen-bond acceptors (Lipinski definition) is 6. The van der Waals surface area contributed by atoms with Gasteiger partial charge in [-0.25, -0.2) is 4.57 Å². The van der Waals surface area contributed by atoms with Gasteiger partial charge in [0.05, 0.1) is 6.61 Å². The molecular formula is C41H59O8P. The van der Waals surface area contributed by atoms with Crippen molar-refractivity contribution in [3.8, 4) is 0 Å². The molecule has 0 amide bonds. The first-order valence-corrected chi connectivity index (χ1v) is 19.1. The monoisotopic (exact) mass is 710 g/mol. The average Bonchev–Trinajstić information content (AvgIpc) is 3.08. The number of phosphoric acid groups is 1. The van der Waals surface area contributed by atoms with E-state index in [0.29, 0.717) is 19.3 Å². The summed E-state index contributed by atoms with van der Waals surface area (Å²) in [6, 6.07) is 0. The van der Waals surface area contributed by atoms with Crippen LogP contribution in [-0.2, 0) is 28.2 Å². The van der Waals surface area contributed by atoms with Crippen molar-refractivity contribution in [3.05, 3.63) is 134 Å². The summed E-state index contributed by atoms with van der Waals surface area (Å²) >= 11 is 0. The molecule has 0 rings (SSSR count). The Labute approximate surface area is 301 Å². The molecule has 276 valence electrons. The number of carbonyl (C=O) groups is 2. The standard InChI is InChI=1S/C41H59O8P/c1-3-5-7-9-11-13-15-17-18-19-20-21-22-24-25-27-29-31-33-35-40(42)47-37-39(38-48-50(44,45)46)49-41(43)36-34-32-30-28-26-23-16-14-12-10-8-6-4-2/h5-8,10-14,16-18,20-21,23-26,28-31,39H,3-4,9,15,19,22,27,32-38H2,1-2H3,(H2,44,45,46)/b7-5+,8-6+,12-10+,13-11+,16-14+,18-17+,21-20+,25-24+,26-23+,30-28+,31-29+. The third-order valence-electron chi connectivity index (χ3n) is 6.31. The summed E-state index contributed by atoms with van der Waals surface area (Å²) in [4.78, 5) is 42.5. The van der Waals surface area contributed by atoms with E-state index < -0.39 is 32.5 Å². The molecule has 8 nitrogen and oxygen atoms in total. The first kappa shape index (κ1) is 46.2. The lowest BCUT2D eigenvalue weighted by molar-refractivity contribution is -0.161. The number of rotatable bonds is 29. The van der Waals surface area contributed by atoms with Crippen LogP contribution in [0.4, 0.5) is 0 Å². The maximum atomic E-state index is 12.3. The Kier molecular flexibility index (Phi) is 32.4. The molecule has 0 aromatic heterocycles. The van der Waals surface area contributed by atoms with Gasteiger partial charge in [-0.3, -0.25) is 14.1 Å². The summed E-state index contributed by atoms with van der Waals surface area (Å²) in [6.45, 7) is 3.25. The number of ether oxygens (including phenoxy) is 2. The molecule has 0 heterocycles. The highest BCUT2D eigenvalue weighted by molar-refractivity contribution is 7.46. The number of hydrogen-bond donors (Lipinski definition) is 2. The first-order chi connectivity index (χ1) is 24.3. The van der Waals surface area contributed by atoms with Gasteiger partial charge in [-0.05, 0) is 64.2 Å².